The molecule has 1 aromatic carbocycles. The molecule has 0 saturated carbocycles. The average Bonchev–Trinajstić information content (AvgIpc) is 3.04. The summed E-state index contributed by atoms with van der Waals surface area (Å²) in [5.74, 6) is -0.757. The fourth-order valence-electron chi connectivity index (χ4n) is 2.94. The van der Waals surface area contributed by atoms with E-state index in [-0.39, 0.29) is 18.6 Å². The highest BCUT2D eigenvalue weighted by Gasteiger charge is 2.19. The Morgan fingerprint density at radius 3 is 2.84 bits per heavy atom. The van der Waals surface area contributed by atoms with Crippen LogP contribution in [0.15, 0.2) is 30.3 Å². The number of hydrogen-bond donors (Lipinski definition) is 1. The van der Waals surface area contributed by atoms with E-state index >= 15 is 0 Å². The van der Waals surface area contributed by atoms with Gasteiger partial charge in [-0.05, 0) is 61.9 Å². The lowest BCUT2D eigenvalue weighted by atomic mass is 9.99. The molecule has 132 valence electrons. The van der Waals surface area contributed by atoms with Crippen LogP contribution in [0.5, 0.6) is 0 Å². The van der Waals surface area contributed by atoms with Gasteiger partial charge in [-0.25, -0.2) is 4.79 Å². The first-order chi connectivity index (χ1) is 12.0. The van der Waals surface area contributed by atoms with E-state index in [1.165, 1.54) is 34.6 Å². The van der Waals surface area contributed by atoms with Crippen LogP contribution in [0.1, 0.15) is 51.5 Å². The summed E-state index contributed by atoms with van der Waals surface area (Å²) in [5, 5.41) is 3.43. The number of ether oxygens (including phenoxy) is 1. The lowest BCUT2D eigenvalue weighted by molar-refractivity contribution is -0.124. The van der Waals surface area contributed by atoms with Crippen LogP contribution < -0.4 is 5.32 Å². The monoisotopic (exact) mass is 377 g/mol. The minimum absolute atomic E-state index is 0.209. The number of halogens is 1. The Morgan fingerprint density at radius 1 is 1.28 bits per heavy atom. The van der Waals surface area contributed by atoms with Gasteiger partial charge >= 0.3 is 5.97 Å². The van der Waals surface area contributed by atoms with Crippen molar-refractivity contribution in [2.45, 2.75) is 38.6 Å². The van der Waals surface area contributed by atoms with Gasteiger partial charge in [-0.2, -0.15) is 0 Å². The fraction of sp³-hybridized carbons (Fsp3) is 0.368. The number of thiophene rings is 1. The second-order valence-corrected chi connectivity index (χ2v) is 7.76. The Bertz CT molecular complexity index is 763. The van der Waals surface area contributed by atoms with E-state index in [9.17, 15) is 9.59 Å². The Hall–Kier alpha value is -1.85. The summed E-state index contributed by atoms with van der Waals surface area (Å²) in [6, 6.07) is 9.00. The maximum Gasteiger partial charge on any atom is 0.348 e. The number of esters is 1. The summed E-state index contributed by atoms with van der Waals surface area (Å²) in [7, 11) is 0. The van der Waals surface area contributed by atoms with Gasteiger partial charge < -0.3 is 10.1 Å². The maximum absolute atomic E-state index is 12.2. The molecule has 25 heavy (non-hydrogen) atoms. The van der Waals surface area contributed by atoms with E-state index in [0.717, 1.165) is 18.4 Å². The van der Waals surface area contributed by atoms with Crippen molar-refractivity contribution in [3.8, 4) is 0 Å². The molecule has 4 nitrogen and oxygen atoms in total. The summed E-state index contributed by atoms with van der Waals surface area (Å²) in [6.07, 6.45) is 4.40. The van der Waals surface area contributed by atoms with Crippen molar-refractivity contribution in [2.75, 3.05) is 6.61 Å². The predicted molar refractivity (Wildman–Crippen MR) is 99.3 cm³/mol. The smallest absolute Gasteiger partial charge is 0.348 e. The predicted octanol–water partition coefficient (Wildman–Crippen LogP) is 4.31. The van der Waals surface area contributed by atoms with Gasteiger partial charge in [0.2, 0.25) is 0 Å². The van der Waals surface area contributed by atoms with Crippen LogP contribution in [0, 0.1) is 0 Å². The lowest BCUT2D eigenvalue weighted by Crippen LogP contribution is -2.31. The van der Waals surface area contributed by atoms with E-state index in [2.05, 4.69) is 5.32 Å². The molecule has 0 radical (unpaired) electrons. The zero-order valence-corrected chi connectivity index (χ0v) is 15.6. The zero-order valence-electron chi connectivity index (χ0n) is 14.0. The third-order valence-electron chi connectivity index (χ3n) is 4.26. The molecule has 0 aliphatic heterocycles. The Balaban J connectivity index is 1.51. The van der Waals surface area contributed by atoms with Crippen molar-refractivity contribution < 1.29 is 14.3 Å². The normalized spacial score (nSPS) is 14.5. The highest BCUT2D eigenvalue weighted by Crippen LogP contribution is 2.30. The number of amides is 1. The molecule has 6 heteroatoms. The largest absolute Gasteiger partial charge is 0.451 e. The number of rotatable bonds is 5. The summed E-state index contributed by atoms with van der Waals surface area (Å²) >= 11 is 7.44. The maximum atomic E-state index is 12.2. The van der Waals surface area contributed by atoms with Gasteiger partial charge in [0, 0.05) is 9.90 Å². The molecular weight excluding hydrogens is 358 g/mol. The molecule has 1 N–H and O–H groups in total. The van der Waals surface area contributed by atoms with E-state index in [4.69, 9.17) is 16.3 Å². The molecule has 1 aromatic heterocycles. The molecular formula is C19H20ClNO3S. The van der Waals surface area contributed by atoms with E-state index in [1.807, 2.05) is 25.1 Å². The molecule has 0 spiro atoms. The van der Waals surface area contributed by atoms with Crippen molar-refractivity contribution >= 4 is 34.8 Å². The highest BCUT2D eigenvalue weighted by molar-refractivity contribution is 7.14. The van der Waals surface area contributed by atoms with Crippen LogP contribution in [0.2, 0.25) is 5.02 Å². The second kappa shape index (κ2) is 8.02. The SMILES string of the molecule is C[C@H](NC(=O)COC(=O)c1cc2c(s1)CCCC2)c1cccc(Cl)c1. The number of nitrogens with one attached hydrogen (secondary N) is 1. The van der Waals surface area contributed by atoms with Crippen molar-refractivity contribution in [3.05, 3.63) is 56.2 Å². The molecule has 1 aliphatic rings. The third-order valence-corrected chi connectivity index (χ3v) is 5.71. The van der Waals surface area contributed by atoms with Gasteiger partial charge in [0.25, 0.3) is 5.91 Å². The van der Waals surface area contributed by atoms with Crippen molar-refractivity contribution in [1.82, 2.24) is 5.32 Å². The number of hydrogen-bond acceptors (Lipinski definition) is 4. The Morgan fingerprint density at radius 2 is 2.08 bits per heavy atom. The van der Waals surface area contributed by atoms with Crippen molar-refractivity contribution in [2.24, 2.45) is 0 Å². The Labute approximate surface area is 156 Å². The topological polar surface area (TPSA) is 55.4 Å². The molecule has 1 amide bonds. The number of benzene rings is 1. The lowest BCUT2D eigenvalue weighted by Gasteiger charge is -2.14. The molecule has 0 bridgehead atoms. The molecule has 2 aromatic rings. The van der Waals surface area contributed by atoms with Crippen LogP contribution in [-0.2, 0) is 22.4 Å². The van der Waals surface area contributed by atoms with Gasteiger partial charge in [0.1, 0.15) is 4.88 Å². The van der Waals surface area contributed by atoms with Crippen molar-refractivity contribution in [3.63, 3.8) is 0 Å². The number of fused-ring (bicyclic) bond motifs is 1. The van der Waals surface area contributed by atoms with Gasteiger partial charge in [-0.3, -0.25) is 4.79 Å². The minimum atomic E-state index is -0.426. The zero-order chi connectivity index (χ0) is 17.8. The molecule has 1 atom stereocenters. The second-order valence-electron chi connectivity index (χ2n) is 6.19. The summed E-state index contributed by atoms with van der Waals surface area (Å²) < 4.78 is 5.16. The number of carbonyl (C=O) groups is 2. The molecule has 1 aliphatic carbocycles. The summed E-state index contributed by atoms with van der Waals surface area (Å²) in [5.41, 5.74) is 2.15. The first-order valence-corrected chi connectivity index (χ1v) is 9.56. The summed E-state index contributed by atoms with van der Waals surface area (Å²) in [4.78, 5) is 26.0. The number of carbonyl (C=O) groups excluding carboxylic acids is 2. The van der Waals surface area contributed by atoms with Crippen molar-refractivity contribution in [1.29, 1.82) is 0 Å². The average molecular weight is 378 g/mol. The third kappa shape index (κ3) is 4.61. The van der Waals surface area contributed by atoms with Gasteiger partial charge in [-0.1, -0.05) is 23.7 Å². The molecule has 1 heterocycles. The van der Waals surface area contributed by atoms with E-state index in [1.54, 1.807) is 12.1 Å². The summed E-state index contributed by atoms with van der Waals surface area (Å²) in [6.45, 7) is 1.57. The molecule has 0 unspecified atom stereocenters. The van der Waals surface area contributed by atoms with Gasteiger partial charge in [0.15, 0.2) is 6.61 Å². The highest BCUT2D eigenvalue weighted by atomic mass is 35.5. The van der Waals surface area contributed by atoms with Crippen LogP contribution in [0.3, 0.4) is 0 Å². The standard InChI is InChI=1S/C19H20ClNO3S/c1-12(13-6-4-7-15(20)9-13)21-18(22)11-24-19(23)17-10-14-5-2-3-8-16(14)25-17/h4,6-7,9-10,12H,2-3,5,8,11H2,1H3,(H,21,22)/t12-/m0/s1. The van der Waals surface area contributed by atoms with E-state index in [0.29, 0.717) is 9.90 Å². The first kappa shape index (κ1) is 18.0. The Kier molecular flexibility index (Phi) is 5.76. The fourth-order valence-corrected chi connectivity index (χ4v) is 4.28. The minimum Gasteiger partial charge on any atom is -0.451 e. The van der Waals surface area contributed by atoms with Gasteiger partial charge in [0.05, 0.1) is 6.04 Å². The molecule has 0 saturated heterocycles. The van der Waals surface area contributed by atoms with Gasteiger partial charge in [-0.15, -0.1) is 11.3 Å². The van der Waals surface area contributed by atoms with Crippen LogP contribution in [0.4, 0.5) is 0 Å². The van der Waals surface area contributed by atoms with Crippen LogP contribution >= 0.6 is 22.9 Å². The first-order valence-electron chi connectivity index (χ1n) is 8.36. The number of aryl methyl sites for hydroxylation is 2. The molecule has 3 rings (SSSR count). The van der Waals surface area contributed by atoms with Crippen LogP contribution in [0.25, 0.3) is 0 Å². The quantitative estimate of drug-likeness (QED) is 0.789. The van der Waals surface area contributed by atoms with E-state index < -0.39 is 5.97 Å². The van der Waals surface area contributed by atoms with Crippen LogP contribution in [-0.4, -0.2) is 18.5 Å². The molecule has 0 fully saturated rings.